The van der Waals surface area contributed by atoms with Crippen LogP contribution in [0.5, 0.6) is 0 Å². The van der Waals surface area contributed by atoms with E-state index in [1.807, 2.05) is 39.9 Å². The van der Waals surface area contributed by atoms with Crippen LogP contribution in [-0.2, 0) is 16.1 Å². The van der Waals surface area contributed by atoms with Crippen LogP contribution in [0.1, 0.15) is 6.92 Å². The van der Waals surface area contributed by atoms with Gasteiger partial charge >= 0.3 is 0 Å². The predicted molar refractivity (Wildman–Crippen MR) is 85.8 cm³/mol. The number of fused-ring (bicyclic) bond motifs is 1. The quantitative estimate of drug-likeness (QED) is 0.849. The Kier molecular flexibility index (Phi) is 4.07. The highest BCUT2D eigenvalue weighted by molar-refractivity contribution is 6.31. The Bertz CT molecular complexity index is 717. The largest absolute Gasteiger partial charge is 0.339 e. The van der Waals surface area contributed by atoms with Gasteiger partial charge in [0.05, 0.1) is 0 Å². The van der Waals surface area contributed by atoms with E-state index in [0.717, 1.165) is 10.9 Å². The number of carbonyl (C=O) groups is 2. The summed E-state index contributed by atoms with van der Waals surface area (Å²) in [4.78, 5) is 27.3. The zero-order valence-electron chi connectivity index (χ0n) is 12.5. The van der Waals surface area contributed by atoms with Crippen molar-refractivity contribution < 1.29 is 9.59 Å². The SMILES string of the molecule is CC(=O)N1CCN(C(=O)Cn2ccc3cc(Cl)ccc32)CC1. The number of hydrogen-bond donors (Lipinski definition) is 0. The van der Waals surface area contributed by atoms with Crippen molar-refractivity contribution in [2.45, 2.75) is 13.5 Å². The Morgan fingerprint density at radius 1 is 1.09 bits per heavy atom. The predicted octanol–water partition coefficient (Wildman–Crippen LogP) is 1.99. The summed E-state index contributed by atoms with van der Waals surface area (Å²) in [6.45, 7) is 4.30. The van der Waals surface area contributed by atoms with Crippen LogP contribution in [0.3, 0.4) is 0 Å². The molecule has 1 aromatic carbocycles. The van der Waals surface area contributed by atoms with Gasteiger partial charge in [0.25, 0.3) is 0 Å². The Hall–Kier alpha value is -2.01. The molecule has 1 saturated heterocycles. The van der Waals surface area contributed by atoms with Crippen LogP contribution >= 0.6 is 11.6 Å². The van der Waals surface area contributed by atoms with Gasteiger partial charge in [-0.25, -0.2) is 0 Å². The molecule has 6 heteroatoms. The molecule has 116 valence electrons. The summed E-state index contributed by atoms with van der Waals surface area (Å²) in [5, 5.41) is 1.72. The average molecular weight is 320 g/mol. The third-order valence-corrected chi connectivity index (χ3v) is 4.35. The average Bonchev–Trinajstić information content (AvgIpc) is 2.89. The molecule has 1 aliphatic rings. The van der Waals surface area contributed by atoms with Crippen molar-refractivity contribution >= 4 is 34.3 Å². The lowest BCUT2D eigenvalue weighted by Gasteiger charge is -2.34. The molecular formula is C16H18ClN3O2. The van der Waals surface area contributed by atoms with Gasteiger partial charge in [-0.3, -0.25) is 9.59 Å². The first-order valence-corrected chi connectivity index (χ1v) is 7.70. The molecule has 0 bridgehead atoms. The first kappa shape index (κ1) is 14.9. The highest BCUT2D eigenvalue weighted by Gasteiger charge is 2.22. The molecule has 2 heterocycles. The van der Waals surface area contributed by atoms with Gasteiger partial charge in [0.2, 0.25) is 11.8 Å². The molecule has 3 rings (SSSR count). The van der Waals surface area contributed by atoms with Gasteiger partial charge in [0, 0.05) is 55.2 Å². The zero-order chi connectivity index (χ0) is 15.7. The molecular weight excluding hydrogens is 302 g/mol. The fourth-order valence-corrected chi connectivity index (χ4v) is 3.01. The van der Waals surface area contributed by atoms with E-state index in [-0.39, 0.29) is 11.8 Å². The fourth-order valence-electron chi connectivity index (χ4n) is 2.83. The molecule has 0 saturated carbocycles. The highest BCUT2D eigenvalue weighted by atomic mass is 35.5. The molecule has 22 heavy (non-hydrogen) atoms. The van der Waals surface area contributed by atoms with E-state index in [0.29, 0.717) is 37.7 Å². The maximum absolute atomic E-state index is 12.4. The molecule has 5 nitrogen and oxygen atoms in total. The van der Waals surface area contributed by atoms with E-state index < -0.39 is 0 Å². The van der Waals surface area contributed by atoms with E-state index in [9.17, 15) is 9.59 Å². The number of aromatic nitrogens is 1. The van der Waals surface area contributed by atoms with Gasteiger partial charge in [0.15, 0.2) is 0 Å². The number of rotatable bonds is 2. The Labute approximate surface area is 134 Å². The van der Waals surface area contributed by atoms with Crippen LogP contribution in [0.15, 0.2) is 30.5 Å². The maximum Gasteiger partial charge on any atom is 0.242 e. The van der Waals surface area contributed by atoms with Crippen LogP contribution in [0.4, 0.5) is 0 Å². The Morgan fingerprint density at radius 2 is 1.77 bits per heavy atom. The van der Waals surface area contributed by atoms with E-state index in [4.69, 9.17) is 11.6 Å². The summed E-state index contributed by atoms with van der Waals surface area (Å²) in [7, 11) is 0. The van der Waals surface area contributed by atoms with E-state index in [1.165, 1.54) is 0 Å². The number of carbonyl (C=O) groups excluding carboxylic acids is 2. The maximum atomic E-state index is 12.4. The van der Waals surface area contributed by atoms with E-state index in [1.54, 1.807) is 11.8 Å². The topological polar surface area (TPSA) is 45.6 Å². The first-order valence-electron chi connectivity index (χ1n) is 7.32. The molecule has 0 aliphatic carbocycles. The minimum atomic E-state index is 0.0698. The van der Waals surface area contributed by atoms with Gasteiger partial charge in [-0.05, 0) is 24.3 Å². The third kappa shape index (κ3) is 2.95. The number of benzene rings is 1. The second-order valence-electron chi connectivity index (χ2n) is 5.53. The van der Waals surface area contributed by atoms with Gasteiger partial charge < -0.3 is 14.4 Å². The lowest BCUT2D eigenvalue weighted by molar-refractivity contribution is -0.138. The van der Waals surface area contributed by atoms with Gasteiger partial charge in [0.1, 0.15) is 6.54 Å². The van der Waals surface area contributed by atoms with Crippen molar-refractivity contribution in [3.8, 4) is 0 Å². The van der Waals surface area contributed by atoms with Crippen molar-refractivity contribution in [3.05, 3.63) is 35.5 Å². The van der Waals surface area contributed by atoms with E-state index >= 15 is 0 Å². The van der Waals surface area contributed by atoms with Crippen molar-refractivity contribution in [3.63, 3.8) is 0 Å². The third-order valence-electron chi connectivity index (χ3n) is 4.12. The summed E-state index contributed by atoms with van der Waals surface area (Å²) in [6, 6.07) is 7.61. The minimum Gasteiger partial charge on any atom is -0.339 e. The Balaban J connectivity index is 1.68. The lowest BCUT2D eigenvalue weighted by atomic mass is 10.2. The molecule has 0 radical (unpaired) electrons. The molecule has 2 amide bonds. The summed E-state index contributed by atoms with van der Waals surface area (Å²) in [6.07, 6.45) is 1.91. The lowest BCUT2D eigenvalue weighted by Crippen LogP contribution is -2.50. The standard InChI is InChI=1S/C16H18ClN3O2/c1-12(21)18-6-8-19(9-7-18)16(22)11-20-5-4-13-10-14(17)2-3-15(13)20/h2-5,10H,6-9,11H2,1H3. The summed E-state index contributed by atoms with van der Waals surface area (Å²) < 4.78 is 1.94. The van der Waals surface area contributed by atoms with Crippen molar-refractivity contribution in [1.29, 1.82) is 0 Å². The molecule has 0 N–H and O–H groups in total. The molecule has 1 fully saturated rings. The van der Waals surface area contributed by atoms with Crippen LogP contribution < -0.4 is 0 Å². The smallest absolute Gasteiger partial charge is 0.242 e. The van der Waals surface area contributed by atoms with Crippen molar-refractivity contribution in [2.24, 2.45) is 0 Å². The number of amides is 2. The van der Waals surface area contributed by atoms with Crippen molar-refractivity contribution in [1.82, 2.24) is 14.4 Å². The molecule has 0 unspecified atom stereocenters. The second-order valence-corrected chi connectivity index (χ2v) is 5.97. The summed E-state index contributed by atoms with van der Waals surface area (Å²) in [5.74, 6) is 0.149. The molecule has 0 atom stereocenters. The highest BCUT2D eigenvalue weighted by Crippen LogP contribution is 2.20. The Morgan fingerprint density at radius 3 is 2.45 bits per heavy atom. The van der Waals surface area contributed by atoms with Crippen LogP contribution in [-0.4, -0.2) is 52.4 Å². The summed E-state index contributed by atoms with van der Waals surface area (Å²) in [5.41, 5.74) is 1.00. The second kappa shape index (κ2) is 6.01. The molecule has 2 aromatic rings. The van der Waals surface area contributed by atoms with Gasteiger partial charge in [-0.15, -0.1) is 0 Å². The molecule has 0 spiro atoms. The number of hydrogen-bond acceptors (Lipinski definition) is 2. The summed E-state index contributed by atoms with van der Waals surface area (Å²) >= 11 is 5.98. The minimum absolute atomic E-state index is 0.0698. The number of halogens is 1. The van der Waals surface area contributed by atoms with Crippen molar-refractivity contribution in [2.75, 3.05) is 26.2 Å². The van der Waals surface area contributed by atoms with Gasteiger partial charge in [-0.2, -0.15) is 0 Å². The van der Waals surface area contributed by atoms with Crippen LogP contribution in [0.2, 0.25) is 5.02 Å². The molecule has 1 aliphatic heterocycles. The molecule has 1 aromatic heterocycles. The first-order chi connectivity index (χ1) is 10.5. The van der Waals surface area contributed by atoms with E-state index in [2.05, 4.69) is 0 Å². The number of nitrogens with zero attached hydrogens (tertiary/aromatic N) is 3. The monoisotopic (exact) mass is 319 g/mol. The van der Waals surface area contributed by atoms with Crippen LogP contribution in [0, 0.1) is 0 Å². The van der Waals surface area contributed by atoms with Gasteiger partial charge in [-0.1, -0.05) is 11.6 Å². The number of piperazine rings is 1. The fraction of sp³-hybridized carbons (Fsp3) is 0.375. The zero-order valence-corrected chi connectivity index (χ0v) is 13.2. The van der Waals surface area contributed by atoms with Crippen LogP contribution in [0.25, 0.3) is 10.9 Å². The normalized spacial score (nSPS) is 15.4.